The van der Waals surface area contributed by atoms with Crippen molar-refractivity contribution < 1.29 is 13.2 Å². The van der Waals surface area contributed by atoms with E-state index in [1.807, 2.05) is 4.90 Å². The molecule has 1 aromatic rings. The number of hydrogen-bond donors (Lipinski definition) is 1. The van der Waals surface area contributed by atoms with Gasteiger partial charge in [0.05, 0.1) is 11.9 Å². The summed E-state index contributed by atoms with van der Waals surface area (Å²) >= 11 is 0. The van der Waals surface area contributed by atoms with Crippen molar-refractivity contribution in [3.8, 4) is 0 Å². The number of nitrogens with zero attached hydrogens (tertiary/aromatic N) is 2. The molecule has 0 radical (unpaired) electrons. The summed E-state index contributed by atoms with van der Waals surface area (Å²) in [5, 5.41) is 0. The Bertz CT molecular complexity index is 361. The van der Waals surface area contributed by atoms with Gasteiger partial charge in [0.1, 0.15) is 5.69 Å². The Morgan fingerprint density at radius 1 is 1.38 bits per heavy atom. The maximum absolute atomic E-state index is 12.3. The number of anilines is 1. The average molecular weight is 231 g/mol. The Labute approximate surface area is 91.1 Å². The van der Waals surface area contributed by atoms with E-state index in [9.17, 15) is 13.2 Å². The van der Waals surface area contributed by atoms with Crippen molar-refractivity contribution in [2.45, 2.75) is 18.6 Å². The van der Waals surface area contributed by atoms with E-state index in [1.54, 1.807) is 0 Å². The molecule has 0 bridgehead atoms. The molecule has 2 N–H and O–H groups in total. The van der Waals surface area contributed by atoms with E-state index < -0.39 is 11.9 Å². The van der Waals surface area contributed by atoms with Gasteiger partial charge < -0.3 is 10.6 Å². The molecular weight excluding hydrogens is 219 g/mol. The van der Waals surface area contributed by atoms with E-state index in [1.165, 1.54) is 12.3 Å². The van der Waals surface area contributed by atoms with Crippen LogP contribution in [-0.4, -0.2) is 24.1 Å². The van der Waals surface area contributed by atoms with Gasteiger partial charge in [-0.05, 0) is 18.6 Å². The number of halogens is 3. The van der Waals surface area contributed by atoms with Crippen molar-refractivity contribution >= 4 is 5.69 Å². The zero-order chi connectivity index (χ0) is 11.8. The third-order valence-corrected chi connectivity index (χ3v) is 2.63. The van der Waals surface area contributed by atoms with Gasteiger partial charge in [-0.3, -0.25) is 0 Å². The van der Waals surface area contributed by atoms with E-state index in [0.717, 1.165) is 19.0 Å². The summed E-state index contributed by atoms with van der Waals surface area (Å²) in [5.74, 6) is 0. The van der Waals surface area contributed by atoms with Gasteiger partial charge in [-0.15, -0.1) is 0 Å². The van der Waals surface area contributed by atoms with Crippen LogP contribution in [0.3, 0.4) is 0 Å². The van der Waals surface area contributed by atoms with E-state index >= 15 is 0 Å². The third-order valence-electron chi connectivity index (χ3n) is 2.63. The highest BCUT2D eigenvalue weighted by molar-refractivity contribution is 5.46. The molecule has 0 saturated carbocycles. The minimum Gasteiger partial charge on any atom is -0.369 e. The van der Waals surface area contributed by atoms with Crippen LogP contribution in [0.5, 0.6) is 0 Å². The van der Waals surface area contributed by atoms with Gasteiger partial charge in [0.2, 0.25) is 0 Å². The van der Waals surface area contributed by atoms with Crippen molar-refractivity contribution in [3.05, 3.63) is 24.0 Å². The average Bonchev–Trinajstić information content (AvgIpc) is 2.64. The van der Waals surface area contributed by atoms with Crippen molar-refractivity contribution in [1.82, 2.24) is 4.98 Å². The first-order valence-electron chi connectivity index (χ1n) is 5.00. The van der Waals surface area contributed by atoms with Gasteiger partial charge in [-0.25, -0.2) is 4.98 Å². The third kappa shape index (κ3) is 2.27. The summed E-state index contributed by atoms with van der Waals surface area (Å²) in [6, 6.07) is 2.54. The second-order valence-electron chi connectivity index (χ2n) is 3.89. The van der Waals surface area contributed by atoms with Gasteiger partial charge in [0.15, 0.2) is 0 Å². The molecule has 1 atom stereocenters. The van der Waals surface area contributed by atoms with E-state index in [4.69, 9.17) is 5.73 Å². The van der Waals surface area contributed by atoms with Gasteiger partial charge in [-0.2, -0.15) is 13.2 Å². The van der Waals surface area contributed by atoms with Crippen molar-refractivity contribution in [3.63, 3.8) is 0 Å². The maximum Gasteiger partial charge on any atom is 0.433 e. The zero-order valence-electron chi connectivity index (χ0n) is 8.54. The molecule has 6 heteroatoms. The number of nitrogens with two attached hydrogens (primary N) is 1. The molecule has 3 nitrogen and oxygen atoms in total. The number of hydrogen-bond acceptors (Lipinski definition) is 3. The standard InChI is InChI=1S/C10H12F3N3/c11-10(12,13)9-2-1-8(5-15-9)16-4-3-7(14)6-16/h1-2,5,7H,3-4,6,14H2/t7-/m1/s1. The summed E-state index contributed by atoms with van der Waals surface area (Å²) < 4.78 is 36.8. The fraction of sp³-hybridized carbons (Fsp3) is 0.500. The fourth-order valence-electron chi connectivity index (χ4n) is 1.76. The first kappa shape index (κ1) is 11.2. The fourth-order valence-corrected chi connectivity index (χ4v) is 1.76. The normalized spacial score (nSPS) is 21.5. The minimum atomic E-state index is -4.38. The number of alkyl halides is 3. The lowest BCUT2D eigenvalue weighted by atomic mass is 10.3. The summed E-state index contributed by atoms with van der Waals surface area (Å²) in [6.45, 7) is 1.45. The molecule has 0 aromatic carbocycles. The Hall–Kier alpha value is -1.30. The topological polar surface area (TPSA) is 42.1 Å². The van der Waals surface area contributed by atoms with Crippen LogP contribution >= 0.6 is 0 Å². The highest BCUT2D eigenvalue weighted by atomic mass is 19.4. The van der Waals surface area contributed by atoms with Gasteiger partial charge in [0.25, 0.3) is 0 Å². The van der Waals surface area contributed by atoms with E-state index in [2.05, 4.69) is 4.98 Å². The molecule has 1 saturated heterocycles. The smallest absolute Gasteiger partial charge is 0.369 e. The monoisotopic (exact) mass is 231 g/mol. The molecule has 2 heterocycles. The van der Waals surface area contributed by atoms with Crippen molar-refractivity contribution in [2.24, 2.45) is 5.73 Å². The van der Waals surface area contributed by atoms with Crippen LogP contribution in [0.2, 0.25) is 0 Å². The highest BCUT2D eigenvalue weighted by Crippen LogP contribution is 2.29. The Morgan fingerprint density at radius 2 is 2.12 bits per heavy atom. The summed E-state index contributed by atoms with van der Waals surface area (Å²) in [7, 11) is 0. The maximum atomic E-state index is 12.3. The molecule has 0 unspecified atom stereocenters. The predicted molar refractivity (Wildman–Crippen MR) is 54.0 cm³/mol. The first-order chi connectivity index (χ1) is 7.47. The Morgan fingerprint density at radius 3 is 2.56 bits per heavy atom. The van der Waals surface area contributed by atoms with Gasteiger partial charge in [-0.1, -0.05) is 0 Å². The molecule has 1 aromatic heterocycles. The summed E-state index contributed by atoms with van der Waals surface area (Å²) in [6.07, 6.45) is -2.26. The highest BCUT2D eigenvalue weighted by Gasteiger charge is 2.32. The van der Waals surface area contributed by atoms with Crippen LogP contribution in [0.1, 0.15) is 12.1 Å². The molecule has 1 fully saturated rings. The lowest BCUT2D eigenvalue weighted by Gasteiger charge is -2.17. The largest absolute Gasteiger partial charge is 0.433 e. The SMILES string of the molecule is N[C@@H]1CCN(c2ccc(C(F)(F)F)nc2)C1. The van der Waals surface area contributed by atoms with Crippen LogP contribution in [0.25, 0.3) is 0 Å². The molecule has 1 aliphatic heterocycles. The van der Waals surface area contributed by atoms with Crippen LogP contribution in [-0.2, 0) is 6.18 Å². The number of pyridine rings is 1. The van der Waals surface area contributed by atoms with Crippen LogP contribution in [0.15, 0.2) is 18.3 Å². The molecule has 0 amide bonds. The molecule has 0 spiro atoms. The Kier molecular flexibility index (Phi) is 2.75. The molecule has 0 aliphatic carbocycles. The minimum absolute atomic E-state index is 0.0993. The first-order valence-corrected chi connectivity index (χ1v) is 5.00. The van der Waals surface area contributed by atoms with Gasteiger partial charge >= 0.3 is 6.18 Å². The quantitative estimate of drug-likeness (QED) is 0.798. The van der Waals surface area contributed by atoms with Crippen LogP contribution < -0.4 is 10.6 Å². The van der Waals surface area contributed by atoms with Crippen molar-refractivity contribution in [2.75, 3.05) is 18.0 Å². The van der Waals surface area contributed by atoms with Gasteiger partial charge in [0, 0.05) is 19.1 Å². The van der Waals surface area contributed by atoms with Crippen LogP contribution in [0, 0.1) is 0 Å². The second kappa shape index (κ2) is 3.93. The second-order valence-corrected chi connectivity index (χ2v) is 3.89. The molecule has 2 rings (SSSR count). The van der Waals surface area contributed by atoms with Crippen molar-refractivity contribution in [1.29, 1.82) is 0 Å². The van der Waals surface area contributed by atoms with E-state index in [0.29, 0.717) is 12.2 Å². The summed E-state index contributed by atoms with van der Waals surface area (Å²) in [4.78, 5) is 5.35. The number of aromatic nitrogens is 1. The van der Waals surface area contributed by atoms with Crippen LogP contribution in [0.4, 0.5) is 18.9 Å². The summed E-state index contributed by atoms with van der Waals surface area (Å²) in [5.41, 5.74) is 5.55. The lowest BCUT2D eigenvalue weighted by Crippen LogP contribution is -2.26. The molecule has 88 valence electrons. The zero-order valence-corrected chi connectivity index (χ0v) is 8.54. The van der Waals surface area contributed by atoms with E-state index in [-0.39, 0.29) is 6.04 Å². The predicted octanol–water partition coefficient (Wildman–Crippen LogP) is 1.64. The lowest BCUT2D eigenvalue weighted by molar-refractivity contribution is -0.141. The Balaban J connectivity index is 2.14. The molecule has 16 heavy (non-hydrogen) atoms. The number of rotatable bonds is 1. The molecule has 1 aliphatic rings. The molecular formula is C10H12F3N3.